The van der Waals surface area contributed by atoms with Crippen molar-refractivity contribution in [1.29, 1.82) is 0 Å². The van der Waals surface area contributed by atoms with Gasteiger partial charge in [0.05, 0.1) is 5.97 Å². The smallest absolute Gasteiger partial charge is 0.870 e. The van der Waals surface area contributed by atoms with Gasteiger partial charge in [-0.3, -0.25) is 0 Å². The fourth-order valence-electron chi connectivity index (χ4n) is 0.961. The molecule has 0 unspecified atom stereocenters. The molecule has 1 aliphatic rings. The number of hydrogen-bond donors (Lipinski definition) is 1. The van der Waals surface area contributed by atoms with Gasteiger partial charge in [0.25, 0.3) is 10.4 Å². The number of ether oxygens (including phenoxy) is 1. The Balaban J connectivity index is -0.000000193. The molecule has 1 rings (SSSR count). The summed E-state index contributed by atoms with van der Waals surface area (Å²) in [5, 5.41) is 30.2. The van der Waals surface area contributed by atoms with Gasteiger partial charge in [-0.25, -0.2) is 13.2 Å². The van der Waals surface area contributed by atoms with E-state index < -0.39 is 46.1 Å². The number of esters is 1. The van der Waals surface area contributed by atoms with Crippen LogP contribution in [0.2, 0.25) is 0 Å². The predicted molar refractivity (Wildman–Crippen MR) is 45.9 cm³/mol. The number of carbonyl (C=O) groups is 2. The molecule has 0 fully saturated rings. The number of carbonyl (C=O) groups excluding carboxylic acids is 2. The molecule has 16 heteroatoms. The minimum absolute atomic E-state index is 0. The van der Waals surface area contributed by atoms with Crippen LogP contribution >= 0.6 is 0 Å². The van der Waals surface area contributed by atoms with Gasteiger partial charge in [-0.15, -0.1) is 0 Å². The maximum Gasteiger partial charge on any atom is 1.00 e. The van der Waals surface area contributed by atoms with Gasteiger partial charge in [-0.2, -0.15) is 0 Å². The van der Waals surface area contributed by atoms with Gasteiger partial charge in [-0.05, 0) is 5.76 Å². The second-order valence-corrected chi connectivity index (χ2v) is 3.76. The number of aliphatic hydroxyl groups excluding tert-OH is 1. The monoisotopic (exact) mass is 420 g/mol. The largest absolute Gasteiger partial charge is 1.00 e. The fourth-order valence-corrected chi connectivity index (χ4v) is 1.32. The first-order valence-electron chi connectivity index (χ1n) is 3.80. The van der Waals surface area contributed by atoms with Crippen LogP contribution in [-0.4, -0.2) is 53.2 Å². The zero-order valence-corrected chi connectivity index (χ0v) is 21.9. The molecule has 0 aromatic heterocycles. The first-order valence-corrected chi connectivity index (χ1v) is 5.13. The molecule has 12 nitrogen and oxygen atoms in total. The van der Waals surface area contributed by atoms with Gasteiger partial charge in [-0.1, -0.05) is 0 Å². The normalized spacial score (nSPS) is 17.2. The zero-order chi connectivity index (χ0) is 13.4. The Morgan fingerprint density at radius 1 is 1.27 bits per heavy atom. The van der Waals surface area contributed by atoms with Gasteiger partial charge < -0.3 is 44.5 Å². The van der Waals surface area contributed by atoms with Gasteiger partial charge in [0.1, 0.15) is 12.2 Å². The Hall–Kier alpha value is 2.98. The molecule has 0 amide bonds. The third-order valence-electron chi connectivity index (χ3n) is 1.62. The SMILES string of the molecule is O.O.O=C1O[C@H]([C@@H](O)C(=O)[O-])C([O-])=C1OS(=O)(=O)[O-].[K+].[K+].[K+]. The number of cyclic esters (lactones) is 1. The molecule has 0 radical (unpaired) electrons. The topological polar surface area (TPSA) is 239 Å². The molecule has 0 bridgehead atoms. The van der Waals surface area contributed by atoms with E-state index in [4.69, 9.17) is 5.11 Å². The second kappa shape index (κ2) is 15.1. The van der Waals surface area contributed by atoms with Crippen LogP contribution in [-0.2, 0) is 28.9 Å². The van der Waals surface area contributed by atoms with Crippen LogP contribution in [0.25, 0.3) is 0 Å². The molecule has 1 aliphatic heterocycles. The molecule has 112 valence electrons. The van der Waals surface area contributed by atoms with E-state index in [2.05, 4.69) is 8.92 Å². The number of carboxylic acid groups (broad SMARTS) is 1. The standard InChI is InChI=1S/C6H6O10S.3K.2H2O/c7-1-3(2(8)5(9)10)15-6(11)4(1)16-17(12,13)14;;;;;/h2-3,7-8H,(H,9,10)(H,12,13,14);;;;2*1H2/q;3*+1;;/p-3/t2-,3+;;;;;/m1...../s1. The van der Waals surface area contributed by atoms with Crippen LogP contribution in [0.1, 0.15) is 0 Å². The minimum atomic E-state index is -5.40. The van der Waals surface area contributed by atoms with Crippen molar-refractivity contribution in [1.82, 2.24) is 0 Å². The quantitative estimate of drug-likeness (QED) is 0.195. The molecule has 0 saturated heterocycles. The van der Waals surface area contributed by atoms with Crippen LogP contribution < -0.4 is 164 Å². The summed E-state index contributed by atoms with van der Waals surface area (Å²) in [7, 11) is -5.40. The van der Waals surface area contributed by atoms with E-state index in [1.807, 2.05) is 0 Å². The Morgan fingerprint density at radius 3 is 2.00 bits per heavy atom. The Morgan fingerprint density at radius 2 is 1.68 bits per heavy atom. The number of hydrogen-bond acceptors (Lipinski definition) is 10. The zero-order valence-electron chi connectivity index (χ0n) is 11.7. The first kappa shape index (κ1) is 36.0. The van der Waals surface area contributed by atoms with Gasteiger partial charge >= 0.3 is 160 Å². The maximum absolute atomic E-state index is 11.2. The van der Waals surface area contributed by atoms with E-state index in [-0.39, 0.29) is 165 Å². The van der Waals surface area contributed by atoms with E-state index in [0.717, 1.165) is 0 Å². The molecule has 22 heavy (non-hydrogen) atoms. The van der Waals surface area contributed by atoms with Crippen molar-refractivity contribution in [2.45, 2.75) is 12.2 Å². The molecule has 0 spiro atoms. The summed E-state index contributed by atoms with van der Waals surface area (Å²) in [5.74, 6) is -6.88. The van der Waals surface area contributed by atoms with E-state index >= 15 is 0 Å². The van der Waals surface area contributed by atoms with Crippen LogP contribution in [0.5, 0.6) is 0 Å². The van der Waals surface area contributed by atoms with E-state index in [0.29, 0.717) is 0 Å². The summed E-state index contributed by atoms with van der Waals surface area (Å²) in [4.78, 5) is 21.1. The van der Waals surface area contributed by atoms with Crippen molar-refractivity contribution in [3.8, 4) is 0 Å². The van der Waals surface area contributed by atoms with Crippen LogP contribution in [0, 0.1) is 0 Å². The van der Waals surface area contributed by atoms with Crippen LogP contribution in [0.3, 0.4) is 0 Å². The molecule has 0 saturated carbocycles. The Labute approximate surface area is 251 Å². The molecule has 1 heterocycles. The predicted octanol–water partition coefficient (Wildman–Crippen LogP) is -15.6. The average molecular weight is 420 g/mol. The second-order valence-electron chi connectivity index (χ2n) is 2.77. The van der Waals surface area contributed by atoms with E-state index in [9.17, 15) is 32.8 Å². The number of rotatable bonds is 4. The first-order chi connectivity index (χ1) is 7.63. The van der Waals surface area contributed by atoms with Gasteiger partial charge in [0.15, 0.2) is 0 Å². The van der Waals surface area contributed by atoms with Crippen molar-refractivity contribution in [3.63, 3.8) is 0 Å². The third kappa shape index (κ3) is 10.9. The molecular weight excluding hydrogens is 413 g/mol. The summed E-state index contributed by atoms with van der Waals surface area (Å²) in [6.45, 7) is 0. The molecule has 2 atom stereocenters. The summed E-state index contributed by atoms with van der Waals surface area (Å²) in [6.07, 6.45) is -4.70. The van der Waals surface area contributed by atoms with Crippen LogP contribution in [0.15, 0.2) is 11.5 Å². The Bertz CT molecular complexity index is 501. The minimum Gasteiger partial charge on any atom is -0.870 e. The molecule has 5 N–H and O–H groups in total. The van der Waals surface area contributed by atoms with Crippen molar-refractivity contribution < 1.29 is 212 Å². The van der Waals surface area contributed by atoms with Crippen molar-refractivity contribution in [3.05, 3.63) is 11.5 Å². The summed E-state index contributed by atoms with van der Waals surface area (Å²) >= 11 is 0. The summed E-state index contributed by atoms with van der Waals surface area (Å²) < 4.78 is 37.9. The van der Waals surface area contributed by atoms with Crippen molar-refractivity contribution in [2.24, 2.45) is 0 Å². The van der Waals surface area contributed by atoms with Gasteiger partial charge in [0.2, 0.25) is 5.76 Å². The van der Waals surface area contributed by atoms with Crippen molar-refractivity contribution in [2.75, 3.05) is 0 Å². The van der Waals surface area contributed by atoms with Gasteiger partial charge in [0, 0.05) is 0 Å². The number of carboxylic acids is 1. The number of aliphatic hydroxyl groups is 1. The molecule has 0 aliphatic carbocycles. The molecular formula is C6H7K3O12S. The molecule has 0 aromatic carbocycles. The van der Waals surface area contributed by atoms with Crippen LogP contribution in [0.4, 0.5) is 0 Å². The van der Waals surface area contributed by atoms with E-state index in [1.54, 1.807) is 0 Å². The molecule has 0 aromatic rings. The average Bonchev–Trinajstić information content (AvgIpc) is 2.42. The van der Waals surface area contributed by atoms with Crippen molar-refractivity contribution >= 4 is 22.3 Å². The fraction of sp³-hybridized carbons (Fsp3) is 0.333. The third-order valence-corrected chi connectivity index (χ3v) is 1.99. The summed E-state index contributed by atoms with van der Waals surface area (Å²) in [6, 6.07) is 0. The summed E-state index contributed by atoms with van der Waals surface area (Å²) in [5.41, 5.74) is 0. The van der Waals surface area contributed by atoms with E-state index in [1.165, 1.54) is 0 Å². The number of aliphatic carboxylic acids is 1. The Kier molecular flexibility index (Phi) is 24.7. The maximum atomic E-state index is 11.2.